The van der Waals surface area contributed by atoms with Gasteiger partial charge >= 0.3 is 5.97 Å². The Labute approximate surface area is 97.9 Å². The molecule has 1 heterocycles. The van der Waals surface area contributed by atoms with Crippen molar-refractivity contribution in [3.05, 3.63) is 36.4 Å². The molecule has 0 atom stereocenters. The van der Waals surface area contributed by atoms with Crippen molar-refractivity contribution in [3.63, 3.8) is 0 Å². The number of carboxylic acid groups (broad SMARTS) is 1. The molecule has 1 amide bonds. The summed E-state index contributed by atoms with van der Waals surface area (Å²) in [5.41, 5.74) is 0.533. The number of nitrogens with zero attached hydrogens (tertiary/aromatic N) is 1. The highest BCUT2D eigenvalue weighted by atomic mass is 16.5. The molecule has 0 fully saturated rings. The Kier molecular flexibility index (Phi) is 2.82. The summed E-state index contributed by atoms with van der Waals surface area (Å²) in [7, 11) is 0. The van der Waals surface area contributed by atoms with E-state index in [1.165, 1.54) is 17.0 Å². The lowest BCUT2D eigenvalue weighted by molar-refractivity contribution is -0.114. The lowest BCUT2D eigenvalue weighted by atomic mass is 10.1. The summed E-state index contributed by atoms with van der Waals surface area (Å²) in [6, 6.07) is 4.69. The zero-order valence-corrected chi connectivity index (χ0v) is 9.05. The van der Waals surface area contributed by atoms with Crippen LogP contribution < -0.4 is 9.64 Å². The average molecular weight is 233 g/mol. The first-order valence-electron chi connectivity index (χ1n) is 5.08. The highest BCUT2D eigenvalue weighted by molar-refractivity contribution is 6.04. The van der Waals surface area contributed by atoms with E-state index < -0.39 is 5.97 Å². The molecule has 0 aromatic heterocycles. The summed E-state index contributed by atoms with van der Waals surface area (Å²) in [6.45, 7) is 4.08. The molecule has 0 saturated carbocycles. The normalized spacial score (nSPS) is 13.5. The van der Waals surface area contributed by atoms with Gasteiger partial charge in [-0.25, -0.2) is 4.79 Å². The van der Waals surface area contributed by atoms with Gasteiger partial charge in [-0.15, -0.1) is 0 Å². The van der Waals surface area contributed by atoms with Crippen molar-refractivity contribution >= 4 is 17.6 Å². The molecule has 1 aliphatic heterocycles. The number of aromatic carboxylic acids is 1. The summed E-state index contributed by atoms with van der Waals surface area (Å²) in [5.74, 6) is -1.10. The molecule has 17 heavy (non-hydrogen) atoms. The number of rotatable bonds is 2. The van der Waals surface area contributed by atoms with E-state index in [2.05, 4.69) is 6.58 Å². The highest BCUT2D eigenvalue weighted by Gasteiger charge is 2.26. The fraction of sp³-hybridized carbons (Fsp3) is 0.167. The van der Waals surface area contributed by atoms with Gasteiger partial charge in [0, 0.05) is 0 Å². The Morgan fingerprint density at radius 1 is 1.47 bits per heavy atom. The Balaban J connectivity index is 2.53. The van der Waals surface area contributed by atoms with Crippen LogP contribution in [0.5, 0.6) is 5.75 Å². The molecule has 88 valence electrons. The number of fused-ring (bicyclic) bond motifs is 1. The van der Waals surface area contributed by atoms with E-state index in [1.54, 1.807) is 12.1 Å². The largest absolute Gasteiger partial charge is 0.489 e. The van der Waals surface area contributed by atoms with Crippen LogP contribution in [0.15, 0.2) is 30.9 Å². The lowest BCUT2D eigenvalue weighted by Crippen LogP contribution is -2.37. The number of hydrogen-bond donors (Lipinski definition) is 1. The van der Waals surface area contributed by atoms with Crippen LogP contribution in [0, 0.1) is 0 Å². The lowest BCUT2D eigenvalue weighted by Gasteiger charge is -2.29. The van der Waals surface area contributed by atoms with Crippen molar-refractivity contribution in [2.45, 2.75) is 0 Å². The zero-order valence-electron chi connectivity index (χ0n) is 9.05. The van der Waals surface area contributed by atoms with Gasteiger partial charge in [0.1, 0.15) is 12.2 Å². The summed E-state index contributed by atoms with van der Waals surface area (Å²) >= 11 is 0. The fourth-order valence-corrected chi connectivity index (χ4v) is 1.76. The number of ether oxygens (including phenoxy) is 1. The monoisotopic (exact) mass is 233 g/mol. The summed E-state index contributed by atoms with van der Waals surface area (Å²) < 4.78 is 5.33. The molecule has 1 N–H and O–H groups in total. The van der Waals surface area contributed by atoms with Crippen LogP contribution in [0.2, 0.25) is 0 Å². The minimum Gasteiger partial charge on any atom is -0.489 e. The van der Waals surface area contributed by atoms with Gasteiger partial charge in [-0.3, -0.25) is 4.79 Å². The summed E-state index contributed by atoms with van der Waals surface area (Å²) in [5, 5.41) is 9.02. The van der Waals surface area contributed by atoms with Crippen molar-refractivity contribution in [2.75, 3.05) is 18.1 Å². The standard InChI is InChI=1S/C12H11NO4/c1-2-10(14)13-6-7-17-11-8(12(15)16)4-3-5-9(11)13/h2-5H,1,6-7H2,(H,15,16). The maximum absolute atomic E-state index is 11.6. The first-order valence-corrected chi connectivity index (χ1v) is 5.08. The molecule has 2 rings (SSSR count). The van der Waals surface area contributed by atoms with Crippen LogP contribution >= 0.6 is 0 Å². The van der Waals surface area contributed by atoms with Crippen LogP contribution in [0.3, 0.4) is 0 Å². The van der Waals surface area contributed by atoms with Gasteiger partial charge in [0.05, 0.1) is 12.2 Å². The SMILES string of the molecule is C=CC(=O)N1CCOc2c(C(=O)O)cccc21. The Morgan fingerprint density at radius 2 is 2.24 bits per heavy atom. The van der Waals surface area contributed by atoms with Gasteiger partial charge in [0.2, 0.25) is 0 Å². The van der Waals surface area contributed by atoms with Crippen LogP contribution in [-0.2, 0) is 4.79 Å². The molecular formula is C12H11NO4. The molecular weight excluding hydrogens is 222 g/mol. The number of hydrogen-bond acceptors (Lipinski definition) is 3. The minimum atomic E-state index is -1.07. The van der Waals surface area contributed by atoms with E-state index in [0.717, 1.165) is 0 Å². The van der Waals surface area contributed by atoms with E-state index >= 15 is 0 Å². The minimum absolute atomic E-state index is 0.0593. The molecule has 0 saturated heterocycles. The second-order valence-corrected chi connectivity index (χ2v) is 3.50. The number of carbonyl (C=O) groups is 2. The van der Waals surface area contributed by atoms with Gasteiger partial charge in [-0.05, 0) is 18.2 Å². The molecule has 0 radical (unpaired) electrons. The molecule has 0 spiro atoms. The Bertz CT molecular complexity index is 495. The third-order valence-electron chi connectivity index (χ3n) is 2.52. The number of para-hydroxylation sites is 1. The third-order valence-corrected chi connectivity index (χ3v) is 2.52. The first kappa shape index (κ1) is 11.2. The predicted molar refractivity (Wildman–Crippen MR) is 61.4 cm³/mol. The van der Waals surface area contributed by atoms with Gasteiger partial charge < -0.3 is 14.7 Å². The predicted octanol–water partition coefficient (Wildman–Crippen LogP) is 1.30. The van der Waals surface area contributed by atoms with Crippen molar-refractivity contribution in [1.29, 1.82) is 0 Å². The quantitative estimate of drug-likeness (QED) is 0.782. The maximum atomic E-state index is 11.6. The van der Waals surface area contributed by atoms with Crippen molar-refractivity contribution < 1.29 is 19.4 Å². The molecule has 0 unspecified atom stereocenters. The van der Waals surface area contributed by atoms with Gasteiger partial charge in [0.15, 0.2) is 5.75 Å². The molecule has 5 heteroatoms. The molecule has 5 nitrogen and oxygen atoms in total. The molecule has 0 aliphatic carbocycles. The average Bonchev–Trinajstić information content (AvgIpc) is 2.36. The van der Waals surface area contributed by atoms with Crippen LogP contribution in [0.1, 0.15) is 10.4 Å². The number of anilines is 1. The molecule has 0 bridgehead atoms. The van der Waals surface area contributed by atoms with E-state index in [9.17, 15) is 9.59 Å². The van der Waals surface area contributed by atoms with Crippen LogP contribution in [0.25, 0.3) is 0 Å². The van der Waals surface area contributed by atoms with Crippen LogP contribution in [0.4, 0.5) is 5.69 Å². The van der Waals surface area contributed by atoms with Crippen molar-refractivity contribution in [2.24, 2.45) is 0 Å². The number of carboxylic acids is 1. The topological polar surface area (TPSA) is 66.8 Å². The molecule has 1 aliphatic rings. The summed E-state index contributed by atoms with van der Waals surface area (Å²) in [6.07, 6.45) is 1.20. The highest BCUT2D eigenvalue weighted by Crippen LogP contribution is 2.35. The third kappa shape index (κ3) is 1.87. The smallest absolute Gasteiger partial charge is 0.339 e. The zero-order chi connectivity index (χ0) is 12.4. The van der Waals surface area contributed by atoms with E-state index in [1.807, 2.05) is 0 Å². The Hall–Kier alpha value is -2.30. The van der Waals surface area contributed by atoms with Crippen LogP contribution in [-0.4, -0.2) is 30.1 Å². The van der Waals surface area contributed by atoms with E-state index in [-0.39, 0.29) is 23.8 Å². The van der Waals surface area contributed by atoms with Crippen molar-refractivity contribution in [1.82, 2.24) is 0 Å². The molecule has 1 aromatic rings. The molecule has 1 aromatic carbocycles. The second kappa shape index (κ2) is 4.29. The number of amides is 1. The second-order valence-electron chi connectivity index (χ2n) is 3.50. The number of carbonyl (C=O) groups excluding carboxylic acids is 1. The van der Waals surface area contributed by atoms with Gasteiger partial charge in [0.25, 0.3) is 5.91 Å². The maximum Gasteiger partial charge on any atom is 0.339 e. The summed E-state index contributed by atoms with van der Waals surface area (Å²) in [4.78, 5) is 24.1. The van der Waals surface area contributed by atoms with E-state index in [0.29, 0.717) is 12.2 Å². The fourth-order valence-electron chi connectivity index (χ4n) is 1.76. The van der Waals surface area contributed by atoms with Gasteiger partial charge in [-0.1, -0.05) is 12.6 Å². The van der Waals surface area contributed by atoms with E-state index in [4.69, 9.17) is 9.84 Å². The number of benzene rings is 1. The van der Waals surface area contributed by atoms with Gasteiger partial charge in [-0.2, -0.15) is 0 Å². The Morgan fingerprint density at radius 3 is 2.88 bits per heavy atom. The van der Waals surface area contributed by atoms with Crippen molar-refractivity contribution in [3.8, 4) is 5.75 Å². The first-order chi connectivity index (χ1) is 8.15.